The summed E-state index contributed by atoms with van der Waals surface area (Å²) < 4.78 is 39.3. The molecule has 5 heterocycles. The fourth-order valence-electron chi connectivity index (χ4n) is 4.53. The number of hydrogen-bond donors (Lipinski definition) is 1. The predicted octanol–water partition coefficient (Wildman–Crippen LogP) is 3.54. The van der Waals surface area contributed by atoms with Crippen LogP contribution in [0.1, 0.15) is 35.4 Å². The standard InChI is InChI=1S/C21H26N4O4S/c1-27-18-16-17(15(11-22-18)14-3-9-28-10-4-14)30-19(23-16)24-20(26)25-7-6-21(12-25)5-2-8-29-13-21/h3,11H,2,4-10,12-13H2,1H3,(H,23,24,26)/t21-/m1/s1/i1D3. The minimum atomic E-state index is -2.65. The van der Waals surface area contributed by atoms with E-state index in [9.17, 15) is 4.79 Å². The number of urea groups is 1. The normalized spacial score (nSPS) is 26.2. The lowest BCUT2D eigenvalue weighted by molar-refractivity contribution is -0.000213. The van der Waals surface area contributed by atoms with Crippen LogP contribution in [0.2, 0.25) is 0 Å². The summed E-state index contributed by atoms with van der Waals surface area (Å²) in [6.45, 7) is 3.93. The Kier molecular flexibility index (Phi) is 4.46. The highest BCUT2D eigenvalue weighted by Crippen LogP contribution is 2.40. The number of ether oxygens (including phenoxy) is 3. The molecule has 0 saturated carbocycles. The number of amides is 2. The van der Waals surface area contributed by atoms with Crippen molar-refractivity contribution in [3.63, 3.8) is 0 Å². The summed E-state index contributed by atoms with van der Waals surface area (Å²) in [4.78, 5) is 23.5. The molecule has 0 radical (unpaired) electrons. The number of methoxy groups -OCH3 is 1. The molecule has 0 bridgehead atoms. The van der Waals surface area contributed by atoms with Gasteiger partial charge >= 0.3 is 6.03 Å². The van der Waals surface area contributed by atoms with Crippen LogP contribution in [0.15, 0.2) is 12.3 Å². The van der Waals surface area contributed by atoms with E-state index in [-0.39, 0.29) is 17.3 Å². The highest BCUT2D eigenvalue weighted by molar-refractivity contribution is 7.22. The summed E-state index contributed by atoms with van der Waals surface area (Å²) in [5, 5.41) is 3.28. The van der Waals surface area contributed by atoms with Gasteiger partial charge in [-0.05, 0) is 31.3 Å². The fraction of sp³-hybridized carbons (Fsp3) is 0.571. The number of rotatable bonds is 3. The van der Waals surface area contributed by atoms with Crippen molar-refractivity contribution < 1.29 is 23.1 Å². The Morgan fingerprint density at radius 3 is 3.17 bits per heavy atom. The Hall–Kier alpha value is -2.23. The number of fused-ring (bicyclic) bond motifs is 1. The summed E-state index contributed by atoms with van der Waals surface area (Å²) in [5.74, 6) is -0.0716. The number of anilines is 1. The molecule has 0 aliphatic carbocycles. The van der Waals surface area contributed by atoms with Gasteiger partial charge < -0.3 is 19.1 Å². The molecule has 30 heavy (non-hydrogen) atoms. The topological polar surface area (TPSA) is 85.8 Å². The molecule has 9 heteroatoms. The summed E-state index contributed by atoms with van der Waals surface area (Å²) >= 11 is 1.29. The first-order valence-corrected chi connectivity index (χ1v) is 11.0. The number of carbonyl (C=O) groups excluding carboxylic acids is 1. The number of pyridine rings is 1. The Morgan fingerprint density at radius 1 is 1.40 bits per heavy atom. The van der Waals surface area contributed by atoms with Crippen LogP contribution in [0.4, 0.5) is 9.93 Å². The maximum absolute atomic E-state index is 13.0. The van der Waals surface area contributed by atoms with Gasteiger partial charge in [-0.3, -0.25) is 5.32 Å². The van der Waals surface area contributed by atoms with E-state index in [2.05, 4.69) is 15.3 Å². The number of carbonyl (C=O) groups is 1. The number of aromatic nitrogens is 2. The Morgan fingerprint density at radius 2 is 2.37 bits per heavy atom. The molecule has 2 aromatic rings. The van der Waals surface area contributed by atoms with Crippen molar-refractivity contribution in [2.45, 2.75) is 25.7 Å². The van der Waals surface area contributed by atoms with Crippen molar-refractivity contribution in [2.75, 3.05) is 51.9 Å². The van der Waals surface area contributed by atoms with Gasteiger partial charge in [0.25, 0.3) is 0 Å². The van der Waals surface area contributed by atoms with Gasteiger partial charge in [-0.1, -0.05) is 17.4 Å². The SMILES string of the molecule is [2H]C([2H])([2H])Oc1ncc(C2=CCOCC2)c2sc(NC(=O)N3CC[C@]4(CCCOC4)C3)nc12. The molecule has 2 saturated heterocycles. The van der Waals surface area contributed by atoms with Gasteiger partial charge in [-0.2, -0.15) is 0 Å². The predicted molar refractivity (Wildman–Crippen MR) is 115 cm³/mol. The maximum Gasteiger partial charge on any atom is 0.323 e. The van der Waals surface area contributed by atoms with Gasteiger partial charge in [-0.15, -0.1) is 0 Å². The molecule has 0 aromatic carbocycles. The maximum atomic E-state index is 13.0. The second-order valence-electron chi connectivity index (χ2n) is 8.09. The lowest BCUT2D eigenvalue weighted by Gasteiger charge is -2.32. The third kappa shape index (κ3) is 3.66. The summed E-state index contributed by atoms with van der Waals surface area (Å²) in [6.07, 6.45) is 7.34. The zero-order chi connectivity index (χ0) is 23.1. The van der Waals surface area contributed by atoms with Crippen LogP contribution >= 0.6 is 11.3 Å². The van der Waals surface area contributed by atoms with E-state index >= 15 is 0 Å². The molecule has 1 atom stereocenters. The molecule has 0 unspecified atom stereocenters. The third-order valence-corrected chi connectivity index (χ3v) is 7.14. The van der Waals surface area contributed by atoms with Gasteiger partial charge in [0.1, 0.15) is 5.52 Å². The Labute approximate surface area is 183 Å². The van der Waals surface area contributed by atoms with Crippen LogP contribution < -0.4 is 10.1 Å². The minimum Gasteiger partial charge on any atom is -0.479 e. The third-order valence-electron chi connectivity index (χ3n) is 6.13. The molecular formula is C21H26N4O4S. The number of hydrogen-bond acceptors (Lipinski definition) is 7. The highest BCUT2D eigenvalue weighted by Gasteiger charge is 2.41. The zero-order valence-electron chi connectivity index (χ0n) is 19.6. The van der Waals surface area contributed by atoms with Gasteiger partial charge in [0, 0.05) is 36.9 Å². The monoisotopic (exact) mass is 433 g/mol. The molecule has 1 N–H and O–H groups in total. The van der Waals surface area contributed by atoms with Crippen molar-refractivity contribution >= 4 is 38.3 Å². The molecule has 2 fully saturated rings. The van der Waals surface area contributed by atoms with E-state index in [1.807, 2.05) is 6.08 Å². The van der Waals surface area contributed by atoms with Gasteiger partial charge in [0.15, 0.2) is 5.13 Å². The molecule has 3 aliphatic rings. The van der Waals surface area contributed by atoms with E-state index < -0.39 is 7.04 Å². The second-order valence-corrected chi connectivity index (χ2v) is 9.09. The van der Waals surface area contributed by atoms with Crippen molar-refractivity contribution in [3.8, 4) is 5.88 Å². The van der Waals surface area contributed by atoms with Crippen LogP contribution in [0.25, 0.3) is 15.8 Å². The first kappa shape index (κ1) is 16.5. The Balaban J connectivity index is 1.41. The quantitative estimate of drug-likeness (QED) is 0.797. The largest absolute Gasteiger partial charge is 0.479 e. The lowest BCUT2D eigenvalue weighted by atomic mass is 9.82. The molecule has 1 spiro atoms. The molecule has 8 nitrogen and oxygen atoms in total. The van der Waals surface area contributed by atoms with E-state index in [0.29, 0.717) is 50.0 Å². The second kappa shape index (κ2) is 8.13. The smallest absolute Gasteiger partial charge is 0.323 e. The molecule has 2 amide bonds. The number of nitrogens with one attached hydrogen (secondary N) is 1. The van der Waals surface area contributed by atoms with E-state index in [0.717, 1.165) is 41.7 Å². The van der Waals surface area contributed by atoms with E-state index in [1.54, 1.807) is 11.1 Å². The minimum absolute atomic E-state index is 0.0521. The van der Waals surface area contributed by atoms with Crippen LogP contribution in [0.3, 0.4) is 0 Å². The van der Waals surface area contributed by atoms with Gasteiger partial charge in [-0.25, -0.2) is 14.8 Å². The van der Waals surface area contributed by atoms with Crippen LogP contribution in [0, 0.1) is 5.41 Å². The van der Waals surface area contributed by atoms with Crippen molar-refractivity contribution in [3.05, 3.63) is 17.8 Å². The zero-order valence-corrected chi connectivity index (χ0v) is 17.4. The first-order valence-electron chi connectivity index (χ1n) is 11.7. The van der Waals surface area contributed by atoms with Crippen LogP contribution in [0.5, 0.6) is 5.88 Å². The molecule has 160 valence electrons. The van der Waals surface area contributed by atoms with Gasteiger partial charge in [0.05, 0.1) is 35.7 Å². The molecule has 3 aliphatic heterocycles. The molecular weight excluding hydrogens is 404 g/mol. The first-order chi connectivity index (χ1) is 15.8. The number of thiazole rings is 1. The van der Waals surface area contributed by atoms with Crippen molar-refractivity contribution in [2.24, 2.45) is 5.41 Å². The van der Waals surface area contributed by atoms with Crippen LogP contribution in [-0.2, 0) is 9.47 Å². The van der Waals surface area contributed by atoms with Gasteiger partial charge in [0.2, 0.25) is 5.88 Å². The number of nitrogens with zero attached hydrogens (tertiary/aromatic N) is 3. The summed E-state index contributed by atoms with van der Waals surface area (Å²) in [6, 6.07) is -0.213. The van der Waals surface area contributed by atoms with Crippen molar-refractivity contribution in [1.29, 1.82) is 0 Å². The van der Waals surface area contributed by atoms with E-state index in [1.165, 1.54) is 11.3 Å². The summed E-state index contributed by atoms with van der Waals surface area (Å²) in [5.41, 5.74) is 2.29. The fourth-order valence-corrected chi connectivity index (χ4v) is 5.52. The van der Waals surface area contributed by atoms with E-state index in [4.69, 9.17) is 18.3 Å². The average molecular weight is 434 g/mol. The average Bonchev–Trinajstić information content (AvgIpc) is 3.39. The lowest BCUT2D eigenvalue weighted by Crippen LogP contribution is -2.38. The Bertz CT molecular complexity index is 1080. The number of likely N-dealkylation sites (tertiary alicyclic amines) is 1. The molecule has 2 aromatic heterocycles. The molecule has 5 rings (SSSR count). The highest BCUT2D eigenvalue weighted by atomic mass is 32.1. The summed E-state index contributed by atoms with van der Waals surface area (Å²) in [7, 11) is -2.65. The van der Waals surface area contributed by atoms with Crippen molar-refractivity contribution in [1.82, 2.24) is 14.9 Å². The van der Waals surface area contributed by atoms with Crippen LogP contribution in [-0.4, -0.2) is 67.5 Å².